The molecule has 2 aliphatic rings. The summed E-state index contributed by atoms with van der Waals surface area (Å²) in [5.74, 6) is 0.113. The molecule has 1 saturated heterocycles. The van der Waals surface area contributed by atoms with Crippen molar-refractivity contribution in [3.8, 4) is 0 Å². The van der Waals surface area contributed by atoms with Gasteiger partial charge in [0.2, 0.25) is 5.95 Å². The molecular weight excluding hydrogens is 290 g/mol. The molecule has 1 fully saturated rings. The van der Waals surface area contributed by atoms with Crippen LogP contribution in [-0.4, -0.2) is 33.7 Å². The summed E-state index contributed by atoms with van der Waals surface area (Å²) in [6.07, 6.45) is 6.31. The summed E-state index contributed by atoms with van der Waals surface area (Å²) < 4.78 is 2.17. The van der Waals surface area contributed by atoms with Gasteiger partial charge in [-0.15, -0.1) is 0 Å². The average Bonchev–Trinajstić information content (AvgIpc) is 2.89. The Hall–Kier alpha value is -2.04. The molecule has 1 aliphatic carbocycles. The van der Waals surface area contributed by atoms with Crippen LogP contribution in [0.15, 0.2) is 12.1 Å². The van der Waals surface area contributed by atoms with Gasteiger partial charge in [-0.1, -0.05) is 0 Å². The maximum atomic E-state index is 11.1. The van der Waals surface area contributed by atoms with Crippen molar-refractivity contribution in [3.05, 3.63) is 23.3 Å². The van der Waals surface area contributed by atoms with Gasteiger partial charge in [-0.2, -0.15) is 0 Å². The minimum absolute atomic E-state index is 0.201. The number of carboxylic acids is 1. The first-order valence-corrected chi connectivity index (χ1v) is 8.59. The number of rotatable bonds is 2. The first kappa shape index (κ1) is 14.5. The molecule has 5 heteroatoms. The lowest BCUT2D eigenvalue weighted by Crippen LogP contribution is -2.37. The normalized spacial score (nSPS) is 19.1. The lowest BCUT2D eigenvalue weighted by molar-refractivity contribution is -0.142. The van der Waals surface area contributed by atoms with E-state index < -0.39 is 5.97 Å². The number of benzene rings is 1. The van der Waals surface area contributed by atoms with E-state index in [1.807, 2.05) is 0 Å². The van der Waals surface area contributed by atoms with E-state index in [4.69, 9.17) is 10.1 Å². The van der Waals surface area contributed by atoms with Crippen molar-refractivity contribution in [2.24, 2.45) is 13.0 Å². The zero-order valence-electron chi connectivity index (χ0n) is 13.6. The number of aliphatic carboxylic acids is 1. The minimum Gasteiger partial charge on any atom is -0.481 e. The highest BCUT2D eigenvalue weighted by Gasteiger charge is 2.27. The number of piperidine rings is 1. The molecule has 4 rings (SSSR count). The first-order valence-electron chi connectivity index (χ1n) is 8.59. The molecule has 2 aromatic rings. The second-order valence-corrected chi connectivity index (χ2v) is 6.89. The van der Waals surface area contributed by atoms with Gasteiger partial charge in [0.05, 0.1) is 17.0 Å². The van der Waals surface area contributed by atoms with Crippen LogP contribution in [0.25, 0.3) is 11.0 Å². The van der Waals surface area contributed by atoms with Gasteiger partial charge in [0, 0.05) is 20.1 Å². The van der Waals surface area contributed by atoms with Gasteiger partial charge in [-0.05, 0) is 61.8 Å². The van der Waals surface area contributed by atoms with Crippen LogP contribution in [0.2, 0.25) is 0 Å². The molecule has 122 valence electrons. The average molecular weight is 313 g/mol. The molecule has 0 saturated carbocycles. The number of aryl methyl sites for hydroxylation is 3. The number of fused-ring (bicyclic) bond motifs is 2. The highest BCUT2D eigenvalue weighted by molar-refractivity contribution is 5.81. The standard InChI is InChI=1S/C18H23N3O2/c1-20-16-11-14-5-3-2-4-13(14)10-15(16)19-18(20)21-8-6-12(7-9-21)17(22)23/h10-12H,2-9H2,1H3,(H,22,23). The third-order valence-electron chi connectivity index (χ3n) is 5.45. The summed E-state index contributed by atoms with van der Waals surface area (Å²) in [6, 6.07) is 4.57. The highest BCUT2D eigenvalue weighted by Crippen LogP contribution is 2.30. The van der Waals surface area contributed by atoms with Gasteiger partial charge >= 0.3 is 5.97 Å². The van der Waals surface area contributed by atoms with Crippen LogP contribution in [0, 0.1) is 5.92 Å². The van der Waals surface area contributed by atoms with E-state index in [9.17, 15) is 4.79 Å². The number of carbonyl (C=O) groups is 1. The van der Waals surface area contributed by atoms with Crippen LogP contribution in [0.3, 0.4) is 0 Å². The predicted octanol–water partition coefficient (Wildman–Crippen LogP) is 2.75. The molecular formula is C18H23N3O2. The zero-order chi connectivity index (χ0) is 16.0. The number of carboxylic acid groups (broad SMARTS) is 1. The Labute approximate surface area is 135 Å². The summed E-state index contributed by atoms with van der Waals surface area (Å²) in [4.78, 5) is 18.2. The third kappa shape index (κ3) is 2.48. The third-order valence-corrected chi connectivity index (χ3v) is 5.45. The van der Waals surface area contributed by atoms with Crippen LogP contribution in [0.1, 0.15) is 36.8 Å². The van der Waals surface area contributed by atoms with Crippen LogP contribution in [0.4, 0.5) is 5.95 Å². The van der Waals surface area contributed by atoms with Gasteiger partial charge in [-0.25, -0.2) is 4.98 Å². The summed E-state index contributed by atoms with van der Waals surface area (Å²) >= 11 is 0. The number of imidazole rings is 1. The van der Waals surface area contributed by atoms with E-state index >= 15 is 0 Å². The van der Waals surface area contributed by atoms with Gasteiger partial charge in [0.25, 0.3) is 0 Å². The van der Waals surface area contributed by atoms with E-state index in [1.165, 1.54) is 42.3 Å². The zero-order valence-corrected chi connectivity index (χ0v) is 13.6. The molecule has 2 heterocycles. The largest absolute Gasteiger partial charge is 0.481 e. The fraction of sp³-hybridized carbons (Fsp3) is 0.556. The predicted molar refractivity (Wildman–Crippen MR) is 89.9 cm³/mol. The number of nitrogens with zero attached hydrogens (tertiary/aromatic N) is 3. The van der Waals surface area contributed by atoms with Crippen molar-refractivity contribution in [1.29, 1.82) is 0 Å². The van der Waals surface area contributed by atoms with Crippen molar-refractivity contribution in [2.45, 2.75) is 38.5 Å². The maximum Gasteiger partial charge on any atom is 0.306 e. The van der Waals surface area contributed by atoms with Crippen LogP contribution in [0.5, 0.6) is 0 Å². The fourth-order valence-electron chi connectivity index (χ4n) is 4.02. The van der Waals surface area contributed by atoms with Crippen molar-refractivity contribution in [1.82, 2.24) is 9.55 Å². The van der Waals surface area contributed by atoms with Gasteiger partial charge in [-0.3, -0.25) is 4.79 Å². The number of anilines is 1. The molecule has 5 nitrogen and oxygen atoms in total. The fourth-order valence-corrected chi connectivity index (χ4v) is 4.02. The Morgan fingerprint density at radius 2 is 1.83 bits per heavy atom. The van der Waals surface area contributed by atoms with Crippen molar-refractivity contribution < 1.29 is 9.90 Å². The Morgan fingerprint density at radius 1 is 1.17 bits per heavy atom. The Balaban J connectivity index is 1.66. The Bertz CT molecular complexity index is 757. The van der Waals surface area contributed by atoms with Crippen molar-refractivity contribution >= 4 is 23.0 Å². The van der Waals surface area contributed by atoms with Crippen LogP contribution < -0.4 is 4.90 Å². The van der Waals surface area contributed by atoms with Gasteiger partial charge < -0.3 is 14.6 Å². The number of hydrogen-bond acceptors (Lipinski definition) is 3. The second kappa shape index (κ2) is 5.55. The minimum atomic E-state index is -0.665. The van der Waals surface area contributed by atoms with E-state index in [0.29, 0.717) is 12.8 Å². The molecule has 0 unspecified atom stereocenters. The summed E-state index contributed by atoms with van der Waals surface area (Å²) in [5.41, 5.74) is 5.20. The van der Waals surface area contributed by atoms with E-state index in [1.54, 1.807) is 0 Å². The molecule has 1 N–H and O–H groups in total. The quantitative estimate of drug-likeness (QED) is 0.926. The SMILES string of the molecule is Cn1c(N2CCC(C(=O)O)CC2)nc2cc3c(cc21)CCCC3. The van der Waals surface area contributed by atoms with Gasteiger partial charge in [0.1, 0.15) is 0 Å². The maximum absolute atomic E-state index is 11.1. The molecule has 0 amide bonds. The van der Waals surface area contributed by atoms with Gasteiger partial charge in [0.15, 0.2) is 0 Å². The lowest BCUT2D eigenvalue weighted by Gasteiger charge is -2.30. The topological polar surface area (TPSA) is 58.4 Å². The Morgan fingerprint density at radius 3 is 2.48 bits per heavy atom. The van der Waals surface area contributed by atoms with E-state index in [-0.39, 0.29) is 5.92 Å². The second-order valence-electron chi connectivity index (χ2n) is 6.89. The molecule has 1 aromatic heterocycles. The first-order chi connectivity index (χ1) is 11.1. The highest BCUT2D eigenvalue weighted by atomic mass is 16.4. The monoisotopic (exact) mass is 313 g/mol. The lowest BCUT2D eigenvalue weighted by atomic mass is 9.91. The number of aromatic nitrogens is 2. The van der Waals surface area contributed by atoms with Crippen LogP contribution >= 0.6 is 0 Å². The molecule has 0 bridgehead atoms. The van der Waals surface area contributed by atoms with Crippen LogP contribution in [-0.2, 0) is 24.7 Å². The Kier molecular flexibility index (Phi) is 3.51. The summed E-state index contributed by atoms with van der Waals surface area (Å²) in [6.45, 7) is 1.54. The smallest absolute Gasteiger partial charge is 0.306 e. The van der Waals surface area contributed by atoms with E-state index in [0.717, 1.165) is 24.6 Å². The molecule has 0 atom stereocenters. The summed E-state index contributed by atoms with van der Waals surface area (Å²) in [5, 5.41) is 9.15. The molecule has 23 heavy (non-hydrogen) atoms. The molecule has 1 aliphatic heterocycles. The molecule has 0 radical (unpaired) electrons. The van der Waals surface area contributed by atoms with Crippen molar-refractivity contribution in [2.75, 3.05) is 18.0 Å². The van der Waals surface area contributed by atoms with E-state index in [2.05, 4.69) is 28.6 Å². The summed E-state index contributed by atoms with van der Waals surface area (Å²) in [7, 11) is 2.07. The molecule has 0 spiro atoms. The number of hydrogen-bond donors (Lipinski definition) is 1. The van der Waals surface area contributed by atoms with Crippen molar-refractivity contribution in [3.63, 3.8) is 0 Å². The molecule has 1 aromatic carbocycles.